The van der Waals surface area contributed by atoms with Crippen LogP contribution in [0.3, 0.4) is 0 Å². The predicted molar refractivity (Wildman–Crippen MR) is 66.7 cm³/mol. The van der Waals surface area contributed by atoms with E-state index >= 15 is 0 Å². The second kappa shape index (κ2) is 5.66. The molecule has 0 aliphatic rings. The van der Waals surface area contributed by atoms with Crippen LogP contribution in [-0.4, -0.2) is 24.8 Å². The van der Waals surface area contributed by atoms with E-state index in [0.29, 0.717) is 13.1 Å². The summed E-state index contributed by atoms with van der Waals surface area (Å²) in [6.07, 6.45) is 11.9. The largest absolute Gasteiger partial charge is 0.870 e. The fraction of sp³-hybridized carbons (Fsp3) is 0.333. The highest BCUT2D eigenvalue weighted by atomic mass is 16.0. The Hall–Kier alpha value is -2.48. The van der Waals surface area contributed by atoms with Crippen molar-refractivity contribution in [3.8, 4) is 0 Å². The first kappa shape index (κ1) is 13.9. The van der Waals surface area contributed by atoms with Crippen molar-refractivity contribution in [1.29, 1.82) is 0 Å². The van der Waals surface area contributed by atoms with E-state index in [9.17, 15) is 0 Å². The molecule has 8 nitrogen and oxygen atoms in total. The van der Waals surface area contributed by atoms with Crippen molar-refractivity contribution in [3.63, 3.8) is 0 Å². The topological polar surface area (TPSA) is 87.5 Å². The Morgan fingerprint density at radius 2 is 1.40 bits per heavy atom. The first-order valence-electron chi connectivity index (χ1n) is 6.06. The van der Waals surface area contributed by atoms with E-state index < -0.39 is 0 Å². The summed E-state index contributed by atoms with van der Waals surface area (Å²) < 4.78 is 8.01. The lowest BCUT2D eigenvalue weighted by Crippen LogP contribution is -2.24. The summed E-state index contributed by atoms with van der Waals surface area (Å²) in [5, 5.41) is 8.22. The molecule has 0 radical (unpaired) electrons. The zero-order chi connectivity index (χ0) is 13.2. The Morgan fingerprint density at radius 3 is 1.75 bits per heavy atom. The van der Waals surface area contributed by atoms with Gasteiger partial charge in [0.2, 0.25) is 12.7 Å². The third kappa shape index (κ3) is 3.09. The molecule has 0 amide bonds. The molecule has 8 heteroatoms. The van der Waals surface area contributed by atoms with Crippen LogP contribution < -0.4 is 14.1 Å². The van der Waals surface area contributed by atoms with Crippen LogP contribution in [0.4, 0.5) is 0 Å². The number of aromatic nitrogens is 7. The summed E-state index contributed by atoms with van der Waals surface area (Å²) in [6, 6.07) is 0. The molecular weight excluding hydrogens is 258 g/mol. The monoisotopic (exact) mass is 275 g/mol. The van der Waals surface area contributed by atoms with Gasteiger partial charge in [0.05, 0.1) is 14.1 Å². The zero-order valence-corrected chi connectivity index (χ0v) is 11.5. The van der Waals surface area contributed by atoms with E-state index in [-0.39, 0.29) is 5.48 Å². The molecule has 0 aliphatic carbocycles. The van der Waals surface area contributed by atoms with Crippen LogP contribution in [0.1, 0.15) is 11.6 Å². The molecular formula is C12H17N7O. The summed E-state index contributed by atoms with van der Waals surface area (Å²) in [5.74, 6) is 1.48. The maximum atomic E-state index is 4.44. The van der Waals surface area contributed by atoms with Crippen molar-refractivity contribution >= 4 is 0 Å². The summed E-state index contributed by atoms with van der Waals surface area (Å²) in [4.78, 5) is 4.44. The Morgan fingerprint density at radius 1 is 0.950 bits per heavy atom. The van der Waals surface area contributed by atoms with Gasteiger partial charge < -0.3 is 20.7 Å². The Balaban J connectivity index is 0.00000147. The van der Waals surface area contributed by atoms with Gasteiger partial charge in [-0.05, 0) is 0 Å². The van der Waals surface area contributed by atoms with Gasteiger partial charge in [0.15, 0.2) is 0 Å². The molecule has 1 N–H and O–H groups in total. The molecule has 0 aliphatic heterocycles. The maximum Gasteiger partial charge on any atom is 0.243 e. The number of hydrogen-bond donors (Lipinski definition) is 0. The maximum absolute atomic E-state index is 4.44. The fourth-order valence-electron chi connectivity index (χ4n) is 1.96. The van der Waals surface area contributed by atoms with Gasteiger partial charge in [-0.1, -0.05) is 0 Å². The van der Waals surface area contributed by atoms with Gasteiger partial charge in [0.1, 0.15) is 37.9 Å². The Bertz CT molecular complexity index is 625. The van der Waals surface area contributed by atoms with E-state index in [1.54, 1.807) is 0 Å². The van der Waals surface area contributed by atoms with E-state index in [1.165, 1.54) is 0 Å². The van der Waals surface area contributed by atoms with E-state index in [2.05, 4.69) is 15.2 Å². The van der Waals surface area contributed by atoms with Crippen molar-refractivity contribution in [1.82, 2.24) is 24.3 Å². The average molecular weight is 275 g/mol. The molecule has 106 valence electrons. The molecule has 3 aromatic heterocycles. The highest BCUT2D eigenvalue weighted by molar-refractivity contribution is 4.92. The van der Waals surface area contributed by atoms with Crippen LogP contribution in [0.25, 0.3) is 0 Å². The zero-order valence-electron chi connectivity index (χ0n) is 11.5. The second-order valence-corrected chi connectivity index (χ2v) is 4.65. The van der Waals surface area contributed by atoms with E-state index in [4.69, 9.17) is 0 Å². The van der Waals surface area contributed by atoms with Gasteiger partial charge in [-0.3, -0.25) is 0 Å². The molecule has 3 heterocycles. The predicted octanol–water partition coefficient (Wildman–Crippen LogP) is -1.39. The molecule has 0 atom stereocenters. The van der Waals surface area contributed by atoms with Crippen molar-refractivity contribution in [3.05, 3.63) is 49.1 Å². The van der Waals surface area contributed by atoms with E-state index in [1.807, 2.05) is 69.8 Å². The van der Waals surface area contributed by atoms with Gasteiger partial charge in [-0.2, -0.15) is 0 Å². The smallest absolute Gasteiger partial charge is 0.243 e. The van der Waals surface area contributed by atoms with Crippen LogP contribution in [0, 0.1) is 0 Å². The van der Waals surface area contributed by atoms with E-state index in [0.717, 1.165) is 11.6 Å². The van der Waals surface area contributed by atoms with Crippen molar-refractivity contribution in [2.75, 3.05) is 0 Å². The van der Waals surface area contributed by atoms with Gasteiger partial charge in [-0.25, -0.2) is 18.3 Å². The van der Waals surface area contributed by atoms with Crippen LogP contribution in [0.5, 0.6) is 0 Å². The normalized spacial score (nSPS) is 10.5. The molecule has 0 spiro atoms. The lowest BCUT2D eigenvalue weighted by molar-refractivity contribution is -0.671. The quantitative estimate of drug-likeness (QED) is 0.548. The molecule has 0 saturated heterocycles. The lowest BCUT2D eigenvalue weighted by atomic mass is 10.5. The van der Waals surface area contributed by atoms with Gasteiger partial charge in [-0.15, -0.1) is 0 Å². The molecule has 3 aromatic rings. The number of hydrogen-bond acceptors (Lipinski definition) is 3. The summed E-state index contributed by atoms with van der Waals surface area (Å²) in [5.41, 5.74) is 0. The Labute approximate surface area is 116 Å². The SMILES string of the molecule is C[n+]1ccn(Cc2nnc(Cn3cc[n+](C)c3)[n-]2)c1.[OH-]. The second-order valence-electron chi connectivity index (χ2n) is 4.65. The van der Waals surface area contributed by atoms with Crippen molar-refractivity contribution in [2.24, 2.45) is 14.1 Å². The van der Waals surface area contributed by atoms with Crippen molar-refractivity contribution in [2.45, 2.75) is 13.1 Å². The fourth-order valence-corrected chi connectivity index (χ4v) is 1.96. The molecule has 20 heavy (non-hydrogen) atoms. The third-order valence-corrected chi connectivity index (χ3v) is 2.83. The minimum Gasteiger partial charge on any atom is -0.870 e. The van der Waals surface area contributed by atoms with Gasteiger partial charge >= 0.3 is 0 Å². The number of imidazole rings is 2. The number of rotatable bonds is 4. The molecule has 0 unspecified atom stereocenters. The summed E-state index contributed by atoms with van der Waals surface area (Å²) in [6.45, 7) is 1.29. The Kier molecular flexibility index (Phi) is 3.94. The lowest BCUT2D eigenvalue weighted by Gasteiger charge is -1.97. The molecule has 0 aromatic carbocycles. The van der Waals surface area contributed by atoms with Crippen molar-refractivity contribution < 1.29 is 14.6 Å². The third-order valence-electron chi connectivity index (χ3n) is 2.83. The van der Waals surface area contributed by atoms with Crippen LogP contribution in [0.15, 0.2) is 37.4 Å². The summed E-state index contributed by atoms with van der Waals surface area (Å²) >= 11 is 0. The summed E-state index contributed by atoms with van der Waals surface area (Å²) in [7, 11) is 3.97. The number of aryl methyl sites for hydroxylation is 2. The van der Waals surface area contributed by atoms with Gasteiger partial charge in [0, 0.05) is 11.6 Å². The highest BCUT2D eigenvalue weighted by Gasteiger charge is 2.04. The standard InChI is InChI=1S/C12H16N7.H2O/c1-16-3-5-18(9-16)7-11-13-12(15-14-11)8-19-6-4-17(2)10-19;/h3-6,9-10H,7-8H2,1-2H3;1H2/q+1;/p-1. The average Bonchev–Trinajstić information content (AvgIpc) is 3.05. The number of nitrogens with zero attached hydrogens (tertiary/aromatic N) is 7. The first-order chi connectivity index (χ1) is 9.19. The highest BCUT2D eigenvalue weighted by Crippen LogP contribution is 1.97. The molecule has 3 rings (SSSR count). The van der Waals surface area contributed by atoms with Crippen LogP contribution in [0.2, 0.25) is 0 Å². The first-order valence-corrected chi connectivity index (χ1v) is 6.06. The van der Waals surface area contributed by atoms with Gasteiger partial charge in [0.25, 0.3) is 0 Å². The minimum absolute atomic E-state index is 0. The molecule has 0 bridgehead atoms. The van der Waals surface area contributed by atoms with Crippen LogP contribution >= 0.6 is 0 Å². The molecule has 0 fully saturated rings. The molecule has 0 saturated carbocycles. The minimum atomic E-state index is 0. The van der Waals surface area contributed by atoms with Crippen LogP contribution in [-0.2, 0) is 27.2 Å².